The third kappa shape index (κ3) is 2.41. The topological polar surface area (TPSA) is 49.4 Å². The van der Waals surface area contributed by atoms with Crippen LogP contribution in [0, 0.1) is 11.8 Å². The number of amides is 3. The summed E-state index contributed by atoms with van der Waals surface area (Å²) in [7, 11) is 0. The first kappa shape index (κ1) is 11.4. The van der Waals surface area contributed by atoms with E-state index in [0.29, 0.717) is 18.2 Å². The van der Waals surface area contributed by atoms with Crippen molar-refractivity contribution in [2.75, 3.05) is 18.8 Å². The van der Waals surface area contributed by atoms with Gasteiger partial charge in [-0.05, 0) is 17.6 Å². The Morgan fingerprint density at radius 1 is 1.50 bits per heavy atom. The lowest BCUT2D eigenvalue weighted by atomic mass is 9.97. The van der Waals surface area contributed by atoms with Crippen molar-refractivity contribution in [2.45, 2.75) is 13.8 Å². The van der Waals surface area contributed by atoms with E-state index in [-0.39, 0.29) is 24.4 Å². The van der Waals surface area contributed by atoms with Crippen LogP contribution in [-0.4, -0.2) is 35.7 Å². The Labute approximate surface area is 89.4 Å². The van der Waals surface area contributed by atoms with E-state index in [2.05, 4.69) is 31.8 Å². The zero-order valence-corrected chi connectivity index (χ0v) is 9.38. The molecule has 0 spiro atoms. The minimum Gasteiger partial charge on any atom is -0.329 e. The molecule has 0 aliphatic carbocycles. The molecule has 4 nitrogen and oxygen atoms in total. The fourth-order valence-electron chi connectivity index (χ4n) is 1.35. The number of thiol groups is 1. The first-order valence-corrected chi connectivity index (χ1v) is 5.38. The SMILES string of the molecule is CC(C)C(CS)CN1C(=O)CNC1=O. The van der Waals surface area contributed by atoms with Gasteiger partial charge in [0.1, 0.15) is 0 Å². The summed E-state index contributed by atoms with van der Waals surface area (Å²) in [5.74, 6) is 1.25. The molecular formula is C9H16N2O2S. The molecule has 1 saturated heterocycles. The number of hydrogen-bond acceptors (Lipinski definition) is 3. The van der Waals surface area contributed by atoms with Crippen LogP contribution in [0.5, 0.6) is 0 Å². The van der Waals surface area contributed by atoms with Gasteiger partial charge in [0, 0.05) is 6.54 Å². The molecule has 1 fully saturated rings. The monoisotopic (exact) mass is 216 g/mol. The number of imide groups is 1. The summed E-state index contributed by atoms with van der Waals surface area (Å²) >= 11 is 4.22. The van der Waals surface area contributed by atoms with Crippen molar-refractivity contribution >= 4 is 24.6 Å². The summed E-state index contributed by atoms with van der Waals surface area (Å²) in [6, 6.07) is -0.276. The molecule has 1 N–H and O–H groups in total. The van der Waals surface area contributed by atoms with Crippen molar-refractivity contribution in [3.63, 3.8) is 0 Å². The van der Waals surface area contributed by atoms with E-state index < -0.39 is 0 Å². The highest BCUT2D eigenvalue weighted by Crippen LogP contribution is 2.15. The lowest BCUT2D eigenvalue weighted by Gasteiger charge is -2.23. The van der Waals surface area contributed by atoms with Crippen molar-refractivity contribution in [1.29, 1.82) is 0 Å². The molecule has 0 bridgehead atoms. The van der Waals surface area contributed by atoms with Crippen LogP contribution in [0.15, 0.2) is 0 Å². The molecule has 0 aromatic heterocycles. The quantitative estimate of drug-likeness (QED) is 0.538. The zero-order valence-electron chi connectivity index (χ0n) is 8.49. The molecule has 0 radical (unpaired) electrons. The van der Waals surface area contributed by atoms with Crippen LogP contribution in [0.2, 0.25) is 0 Å². The molecule has 14 heavy (non-hydrogen) atoms. The van der Waals surface area contributed by atoms with Gasteiger partial charge in [-0.25, -0.2) is 4.79 Å². The predicted molar refractivity (Wildman–Crippen MR) is 57.3 cm³/mol. The van der Waals surface area contributed by atoms with Gasteiger partial charge in [0.25, 0.3) is 0 Å². The molecule has 1 unspecified atom stereocenters. The van der Waals surface area contributed by atoms with Crippen LogP contribution >= 0.6 is 12.6 Å². The number of rotatable bonds is 4. The molecule has 1 aliphatic rings. The number of urea groups is 1. The predicted octanol–water partition coefficient (Wildman–Crippen LogP) is 0.740. The number of carbonyl (C=O) groups excluding carboxylic acids is 2. The largest absolute Gasteiger partial charge is 0.329 e. The van der Waals surface area contributed by atoms with E-state index in [1.165, 1.54) is 4.90 Å². The summed E-state index contributed by atoms with van der Waals surface area (Å²) in [6.45, 7) is 4.75. The maximum atomic E-state index is 11.3. The van der Waals surface area contributed by atoms with E-state index >= 15 is 0 Å². The lowest BCUT2D eigenvalue weighted by molar-refractivity contribution is -0.125. The maximum absolute atomic E-state index is 11.3. The highest BCUT2D eigenvalue weighted by atomic mass is 32.1. The van der Waals surface area contributed by atoms with Gasteiger partial charge < -0.3 is 5.32 Å². The molecular weight excluding hydrogens is 200 g/mol. The zero-order chi connectivity index (χ0) is 10.7. The molecule has 1 heterocycles. The Morgan fingerprint density at radius 3 is 2.50 bits per heavy atom. The Hall–Kier alpha value is -0.710. The average Bonchev–Trinajstić information content (AvgIpc) is 2.43. The molecule has 1 rings (SSSR count). The molecule has 0 aromatic rings. The molecule has 1 atom stereocenters. The average molecular weight is 216 g/mol. The van der Waals surface area contributed by atoms with Gasteiger partial charge in [-0.1, -0.05) is 13.8 Å². The van der Waals surface area contributed by atoms with Crippen molar-refractivity contribution in [3.8, 4) is 0 Å². The molecule has 80 valence electrons. The van der Waals surface area contributed by atoms with Gasteiger partial charge in [-0.15, -0.1) is 0 Å². The van der Waals surface area contributed by atoms with E-state index in [4.69, 9.17) is 0 Å². The second-order valence-corrected chi connectivity index (χ2v) is 4.21. The Bertz CT molecular complexity index is 227. The van der Waals surface area contributed by atoms with Crippen LogP contribution in [0.25, 0.3) is 0 Å². The van der Waals surface area contributed by atoms with E-state index in [9.17, 15) is 9.59 Å². The van der Waals surface area contributed by atoms with Crippen molar-refractivity contribution in [2.24, 2.45) is 11.8 Å². The lowest BCUT2D eigenvalue weighted by Crippen LogP contribution is -2.37. The molecule has 0 saturated carbocycles. The normalized spacial score (nSPS) is 19.0. The van der Waals surface area contributed by atoms with Crippen molar-refractivity contribution < 1.29 is 9.59 Å². The second kappa shape index (κ2) is 4.68. The van der Waals surface area contributed by atoms with Crippen LogP contribution < -0.4 is 5.32 Å². The number of carbonyl (C=O) groups is 2. The van der Waals surface area contributed by atoms with E-state index in [0.717, 1.165) is 0 Å². The minimum atomic E-state index is -0.276. The molecule has 0 aromatic carbocycles. The van der Waals surface area contributed by atoms with Gasteiger partial charge >= 0.3 is 6.03 Å². The maximum Gasteiger partial charge on any atom is 0.324 e. The van der Waals surface area contributed by atoms with Crippen LogP contribution in [0.4, 0.5) is 4.79 Å². The smallest absolute Gasteiger partial charge is 0.324 e. The summed E-state index contributed by atoms with van der Waals surface area (Å²) in [5.41, 5.74) is 0. The molecule has 5 heteroatoms. The third-order valence-electron chi connectivity index (χ3n) is 2.53. The molecule has 3 amide bonds. The second-order valence-electron chi connectivity index (χ2n) is 3.85. The van der Waals surface area contributed by atoms with E-state index in [1.54, 1.807) is 0 Å². The Morgan fingerprint density at radius 2 is 2.14 bits per heavy atom. The summed E-state index contributed by atoms with van der Waals surface area (Å²) < 4.78 is 0. The fraction of sp³-hybridized carbons (Fsp3) is 0.778. The Kier molecular flexibility index (Phi) is 3.80. The summed E-state index contributed by atoms with van der Waals surface area (Å²) in [6.07, 6.45) is 0. The number of nitrogens with one attached hydrogen (secondary N) is 1. The van der Waals surface area contributed by atoms with Crippen molar-refractivity contribution in [3.05, 3.63) is 0 Å². The number of hydrogen-bond donors (Lipinski definition) is 2. The molecule has 1 aliphatic heterocycles. The summed E-state index contributed by atoms with van der Waals surface area (Å²) in [5, 5.41) is 2.50. The minimum absolute atomic E-state index is 0.135. The van der Waals surface area contributed by atoms with E-state index in [1.807, 2.05) is 0 Å². The van der Waals surface area contributed by atoms with Gasteiger partial charge in [-0.2, -0.15) is 12.6 Å². The Balaban J connectivity index is 2.57. The number of nitrogens with zero attached hydrogens (tertiary/aromatic N) is 1. The van der Waals surface area contributed by atoms with Crippen LogP contribution in [0.1, 0.15) is 13.8 Å². The summed E-state index contributed by atoms with van der Waals surface area (Å²) in [4.78, 5) is 23.8. The highest BCUT2D eigenvalue weighted by molar-refractivity contribution is 7.80. The van der Waals surface area contributed by atoms with Crippen molar-refractivity contribution in [1.82, 2.24) is 10.2 Å². The standard InChI is InChI=1S/C9H16N2O2S/c1-6(2)7(5-14)4-11-8(12)3-10-9(11)13/h6-7,14H,3-5H2,1-2H3,(H,10,13). The van der Waals surface area contributed by atoms with Crippen LogP contribution in [0.3, 0.4) is 0 Å². The highest BCUT2D eigenvalue weighted by Gasteiger charge is 2.30. The van der Waals surface area contributed by atoms with Crippen LogP contribution in [-0.2, 0) is 4.79 Å². The van der Waals surface area contributed by atoms with Gasteiger partial charge in [0.05, 0.1) is 6.54 Å². The fourth-order valence-corrected chi connectivity index (χ4v) is 1.89. The first-order chi connectivity index (χ1) is 6.56. The van der Waals surface area contributed by atoms with Gasteiger partial charge in [-0.3, -0.25) is 9.69 Å². The van der Waals surface area contributed by atoms with Gasteiger partial charge in [0.2, 0.25) is 5.91 Å². The first-order valence-electron chi connectivity index (χ1n) is 4.75. The van der Waals surface area contributed by atoms with Gasteiger partial charge in [0.15, 0.2) is 0 Å². The third-order valence-corrected chi connectivity index (χ3v) is 3.00.